The molecule has 3 atom stereocenters. The highest BCUT2D eigenvalue weighted by Gasteiger charge is 2.54. The second-order valence-corrected chi connectivity index (χ2v) is 11.2. The topological polar surface area (TPSA) is 103 Å². The Bertz CT molecular complexity index is 1530. The van der Waals surface area contributed by atoms with Crippen molar-refractivity contribution in [3.05, 3.63) is 63.5 Å². The van der Waals surface area contributed by atoms with Crippen molar-refractivity contribution in [2.45, 2.75) is 26.3 Å². The minimum atomic E-state index is -0.177. The van der Waals surface area contributed by atoms with E-state index < -0.39 is 0 Å². The van der Waals surface area contributed by atoms with Crippen molar-refractivity contribution < 1.29 is 9.59 Å². The average Bonchev–Trinajstić information content (AvgIpc) is 3.18. The van der Waals surface area contributed by atoms with Gasteiger partial charge < -0.3 is 10.2 Å². The number of fused-ring (bicyclic) bond motifs is 2. The van der Waals surface area contributed by atoms with Gasteiger partial charge in [0.2, 0.25) is 0 Å². The third kappa shape index (κ3) is 3.72. The molecule has 2 fully saturated rings. The predicted octanol–water partition coefficient (Wildman–Crippen LogP) is 3.90. The van der Waals surface area contributed by atoms with E-state index in [1.54, 1.807) is 12.1 Å². The first kappa shape index (κ1) is 21.9. The Hall–Kier alpha value is -3.55. The number of carbonyl (C=O) groups is 2. The SMILES string of the molecule is Cc1nc(C(=O)N2C[C@H]3C[C@H]3[C@H]2CNC(=O)c2c(C)nc3sccn23)c(-c2cccc(C#N)c2)s1. The van der Waals surface area contributed by atoms with Gasteiger partial charge in [0.15, 0.2) is 4.96 Å². The van der Waals surface area contributed by atoms with Crippen LogP contribution in [0, 0.1) is 37.0 Å². The maximum Gasteiger partial charge on any atom is 0.274 e. The molecular weight excluding hydrogens is 480 g/mol. The van der Waals surface area contributed by atoms with E-state index >= 15 is 0 Å². The fourth-order valence-electron chi connectivity index (χ4n) is 5.15. The third-order valence-corrected chi connectivity index (χ3v) is 8.65. The molecule has 4 aromatic rings. The van der Waals surface area contributed by atoms with E-state index in [-0.39, 0.29) is 17.9 Å². The molecular formula is C25H22N6O2S2. The van der Waals surface area contributed by atoms with Crippen molar-refractivity contribution in [2.24, 2.45) is 11.8 Å². The van der Waals surface area contributed by atoms with Crippen molar-refractivity contribution in [1.82, 2.24) is 24.6 Å². The minimum absolute atomic E-state index is 0.0667. The summed E-state index contributed by atoms with van der Waals surface area (Å²) in [5.74, 6) is 0.589. The number of nitrogens with zero attached hydrogens (tertiary/aromatic N) is 5. The molecule has 1 aliphatic heterocycles. The first-order valence-electron chi connectivity index (χ1n) is 11.4. The number of imidazole rings is 1. The maximum atomic E-state index is 13.7. The molecule has 1 saturated carbocycles. The molecule has 2 amide bonds. The van der Waals surface area contributed by atoms with E-state index in [9.17, 15) is 14.9 Å². The summed E-state index contributed by atoms with van der Waals surface area (Å²) >= 11 is 2.95. The lowest BCUT2D eigenvalue weighted by molar-refractivity contribution is 0.0690. The Labute approximate surface area is 209 Å². The summed E-state index contributed by atoms with van der Waals surface area (Å²) in [5.41, 5.74) is 3.03. The minimum Gasteiger partial charge on any atom is -0.349 e. The van der Waals surface area contributed by atoms with E-state index in [0.717, 1.165) is 26.8 Å². The van der Waals surface area contributed by atoms with Gasteiger partial charge >= 0.3 is 0 Å². The normalized spacial score (nSPS) is 20.6. The summed E-state index contributed by atoms with van der Waals surface area (Å²) in [5, 5.41) is 15.1. The van der Waals surface area contributed by atoms with Crippen molar-refractivity contribution >= 4 is 39.4 Å². The number of amides is 2. The summed E-state index contributed by atoms with van der Waals surface area (Å²) in [6.45, 7) is 4.80. The number of aryl methyl sites for hydroxylation is 2. The van der Waals surface area contributed by atoms with Gasteiger partial charge in [0.05, 0.1) is 33.3 Å². The van der Waals surface area contributed by atoms with Gasteiger partial charge in [-0.3, -0.25) is 14.0 Å². The number of likely N-dealkylation sites (tertiary alicyclic amines) is 1. The van der Waals surface area contributed by atoms with E-state index in [4.69, 9.17) is 0 Å². The van der Waals surface area contributed by atoms with Crippen molar-refractivity contribution in [2.75, 3.05) is 13.1 Å². The van der Waals surface area contributed by atoms with Gasteiger partial charge in [-0.2, -0.15) is 5.26 Å². The quantitative estimate of drug-likeness (QED) is 0.446. The Morgan fingerprint density at radius 2 is 2.14 bits per heavy atom. The Balaban J connectivity index is 1.24. The molecule has 1 aliphatic carbocycles. The zero-order valence-corrected chi connectivity index (χ0v) is 20.8. The molecule has 1 N–H and O–H groups in total. The number of carbonyl (C=O) groups excluding carboxylic acids is 2. The van der Waals surface area contributed by atoms with Crippen LogP contribution in [0.25, 0.3) is 15.4 Å². The largest absolute Gasteiger partial charge is 0.349 e. The first-order valence-corrected chi connectivity index (χ1v) is 13.1. The average molecular weight is 503 g/mol. The van der Waals surface area contributed by atoms with Crippen LogP contribution >= 0.6 is 22.7 Å². The zero-order chi connectivity index (χ0) is 24.3. The standard InChI is InChI=1S/C25H22N6O2S2/c1-13-21(30-6-7-34-25(30)28-13)23(32)27-11-19-18-9-17(18)12-31(19)24(33)20-22(35-14(2)29-20)16-5-3-4-15(8-16)10-26/h3-8,17-19H,9,11-12H2,1-2H3,(H,27,32)/t17-,18-,19-/m1/s1. The van der Waals surface area contributed by atoms with Crippen molar-refractivity contribution in [3.8, 4) is 16.5 Å². The first-order chi connectivity index (χ1) is 16.9. The van der Waals surface area contributed by atoms with Crippen LogP contribution in [0.5, 0.6) is 0 Å². The fraction of sp³-hybridized carbons (Fsp3) is 0.320. The number of thiazole rings is 2. The highest BCUT2D eigenvalue weighted by atomic mass is 32.1. The smallest absolute Gasteiger partial charge is 0.274 e. The van der Waals surface area contributed by atoms with Gasteiger partial charge in [-0.1, -0.05) is 12.1 Å². The summed E-state index contributed by atoms with van der Waals surface area (Å²) < 4.78 is 1.81. The van der Waals surface area contributed by atoms with Crippen molar-refractivity contribution in [3.63, 3.8) is 0 Å². The number of nitrogens with one attached hydrogen (secondary N) is 1. The van der Waals surface area contributed by atoms with Gasteiger partial charge in [-0.15, -0.1) is 22.7 Å². The number of hydrogen-bond acceptors (Lipinski definition) is 7. The summed E-state index contributed by atoms with van der Waals surface area (Å²) in [6.07, 6.45) is 2.93. The number of hydrogen-bond donors (Lipinski definition) is 1. The van der Waals surface area contributed by atoms with E-state index in [1.807, 2.05) is 46.9 Å². The Morgan fingerprint density at radius 1 is 1.29 bits per heavy atom. The number of nitriles is 1. The lowest BCUT2D eigenvalue weighted by Crippen LogP contribution is -2.46. The van der Waals surface area contributed by atoms with Crippen LogP contribution < -0.4 is 5.32 Å². The van der Waals surface area contributed by atoms with Crippen LogP contribution in [0.15, 0.2) is 35.8 Å². The highest BCUT2D eigenvalue weighted by Crippen LogP contribution is 2.50. The molecule has 0 unspecified atom stereocenters. The van der Waals surface area contributed by atoms with Gasteiger partial charge in [-0.25, -0.2) is 9.97 Å². The number of aromatic nitrogens is 3. The van der Waals surface area contributed by atoms with E-state index in [0.29, 0.717) is 47.6 Å². The molecule has 3 aromatic heterocycles. The highest BCUT2D eigenvalue weighted by molar-refractivity contribution is 7.15. The van der Waals surface area contributed by atoms with Crippen LogP contribution in [0.1, 0.15) is 43.7 Å². The molecule has 2 aliphatic rings. The lowest BCUT2D eigenvalue weighted by atomic mass is 10.1. The van der Waals surface area contributed by atoms with Crippen molar-refractivity contribution in [1.29, 1.82) is 5.26 Å². The molecule has 35 heavy (non-hydrogen) atoms. The molecule has 1 aromatic carbocycles. The number of rotatable bonds is 5. The van der Waals surface area contributed by atoms with Gasteiger partial charge in [-0.05, 0) is 49.8 Å². The number of benzene rings is 1. The second kappa shape index (κ2) is 8.29. The molecule has 0 radical (unpaired) electrons. The predicted molar refractivity (Wildman–Crippen MR) is 134 cm³/mol. The van der Waals surface area contributed by atoms with E-state index in [1.165, 1.54) is 22.7 Å². The maximum absolute atomic E-state index is 13.7. The fourth-order valence-corrected chi connectivity index (χ4v) is 6.82. The van der Waals surface area contributed by atoms with Gasteiger partial charge in [0, 0.05) is 24.7 Å². The molecule has 0 spiro atoms. The molecule has 176 valence electrons. The Kier molecular flexibility index (Phi) is 5.20. The van der Waals surface area contributed by atoms with Crippen LogP contribution in [0.3, 0.4) is 0 Å². The van der Waals surface area contributed by atoms with Gasteiger partial charge in [0.25, 0.3) is 11.8 Å². The summed E-state index contributed by atoms with van der Waals surface area (Å²) in [4.78, 5) is 39.3. The molecule has 6 rings (SSSR count). The molecule has 1 saturated heterocycles. The lowest BCUT2D eigenvalue weighted by Gasteiger charge is -2.27. The number of piperidine rings is 1. The molecule has 4 heterocycles. The molecule has 8 nitrogen and oxygen atoms in total. The summed E-state index contributed by atoms with van der Waals surface area (Å²) in [7, 11) is 0. The zero-order valence-electron chi connectivity index (χ0n) is 19.2. The van der Waals surface area contributed by atoms with E-state index in [2.05, 4.69) is 21.4 Å². The Morgan fingerprint density at radius 3 is 2.97 bits per heavy atom. The van der Waals surface area contributed by atoms with Crippen LogP contribution in [0.2, 0.25) is 0 Å². The molecule has 10 heteroatoms. The monoisotopic (exact) mass is 502 g/mol. The van der Waals surface area contributed by atoms with Crippen LogP contribution in [0.4, 0.5) is 0 Å². The molecule has 0 bridgehead atoms. The summed E-state index contributed by atoms with van der Waals surface area (Å²) in [6, 6.07) is 9.36. The van der Waals surface area contributed by atoms with Gasteiger partial charge in [0.1, 0.15) is 11.4 Å². The van der Waals surface area contributed by atoms with Crippen LogP contribution in [-0.4, -0.2) is 50.2 Å². The van der Waals surface area contributed by atoms with Crippen LogP contribution in [-0.2, 0) is 0 Å². The second-order valence-electron chi connectivity index (χ2n) is 9.10. The third-order valence-electron chi connectivity index (χ3n) is 6.88.